The molecular formula is C19H20ClN3O3. The van der Waals surface area contributed by atoms with Crippen LogP contribution in [0.4, 0.5) is 16.2 Å². The standard InChI is InChI=1S/C19H20ClN3O3/c20-15-2-1-3-17(13-15)22-19(25)21-16-6-4-14(5-7-16)12-18(24)23-8-10-26-11-9-23/h1-7,13H,8-12H2,(H2,21,22,25). The van der Waals surface area contributed by atoms with Crippen LogP contribution in [-0.4, -0.2) is 43.1 Å². The lowest BCUT2D eigenvalue weighted by Crippen LogP contribution is -2.41. The van der Waals surface area contributed by atoms with Crippen molar-refractivity contribution in [1.29, 1.82) is 0 Å². The molecule has 0 aliphatic carbocycles. The van der Waals surface area contributed by atoms with Gasteiger partial charge in [0.25, 0.3) is 0 Å². The molecule has 0 atom stereocenters. The van der Waals surface area contributed by atoms with Crippen molar-refractivity contribution in [3.8, 4) is 0 Å². The normalized spacial score (nSPS) is 14.0. The molecule has 0 aromatic heterocycles. The Labute approximate surface area is 157 Å². The van der Waals surface area contributed by atoms with Crippen LogP contribution >= 0.6 is 11.6 Å². The predicted molar refractivity (Wildman–Crippen MR) is 102 cm³/mol. The predicted octanol–water partition coefficient (Wildman–Crippen LogP) is 3.39. The number of morpholine rings is 1. The minimum atomic E-state index is -0.357. The molecule has 0 saturated carbocycles. The van der Waals surface area contributed by atoms with Gasteiger partial charge in [0, 0.05) is 29.5 Å². The van der Waals surface area contributed by atoms with Crippen LogP contribution in [0.1, 0.15) is 5.56 Å². The summed E-state index contributed by atoms with van der Waals surface area (Å²) in [6.07, 6.45) is 0.342. The number of urea groups is 1. The van der Waals surface area contributed by atoms with Crippen molar-refractivity contribution in [2.24, 2.45) is 0 Å². The first-order chi connectivity index (χ1) is 12.6. The van der Waals surface area contributed by atoms with Crippen LogP contribution in [0.3, 0.4) is 0 Å². The molecule has 0 unspecified atom stereocenters. The Hall–Kier alpha value is -2.57. The molecule has 0 radical (unpaired) electrons. The van der Waals surface area contributed by atoms with E-state index in [9.17, 15) is 9.59 Å². The van der Waals surface area contributed by atoms with Crippen molar-refractivity contribution in [2.45, 2.75) is 6.42 Å². The van der Waals surface area contributed by atoms with Crippen LogP contribution in [0.15, 0.2) is 48.5 Å². The highest BCUT2D eigenvalue weighted by Gasteiger charge is 2.16. The summed E-state index contributed by atoms with van der Waals surface area (Å²) in [6, 6.07) is 13.8. The third-order valence-corrected chi connectivity index (χ3v) is 4.25. The van der Waals surface area contributed by atoms with Gasteiger partial charge in [0.2, 0.25) is 5.91 Å². The van der Waals surface area contributed by atoms with E-state index in [-0.39, 0.29) is 11.9 Å². The van der Waals surface area contributed by atoms with Gasteiger partial charge in [-0.2, -0.15) is 0 Å². The lowest BCUT2D eigenvalue weighted by molar-refractivity contribution is -0.134. The maximum Gasteiger partial charge on any atom is 0.323 e. The summed E-state index contributed by atoms with van der Waals surface area (Å²) >= 11 is 5.89. The summed E-state index contributed by atoms with van der Waals surface area (Å²) in [6.45, 7) is 2.47. The molecule has 1 aliphatic rings. The fourth-order valence-corrected chi connectivity index (χ4v) is 2.86. The van der Waals surface area contributed by atoms with Crippen LogP contribution in [0.2, 0.25) is 5.02 Å². The van der Waals surface area contributed by atoms with E-state index in [2.05, 4.69) is 10.6 Å². The molecule has 3 amide bonds. The van der Waals surface area contributed by atoms with Crippen LogP contribution in [-0.2, 0) is 16.0 Å². The number of amides is 3. The van der Waals surface area contributed by atoms with Crippen LogP contribution in [0, 0.1) is 0 Å². The summed E-state index contributed by atoms with van der Waals surface area (Å²) in [7, 11) is 0. The number of ether oxygens (including phenoxy) is 1. The third-order valence-electron chi connectivity index (χ3n) is 4.01. The van der Waals surface area contributed by atoms with E-state index in [1.807, 2.05) is 17.0 Å². The number of halogens is 1. The Balaban J connectivity index is 1.52. The van der Waals surface area contributed by atoms with Crippen molar-refractivity contribution in [2.75, 3.05) is 36.9 Å². The molecule has 1 fully saturated rings. The fraction of sp³-hybridized carbons (Fsp3) is 0.263. The highest BCUT2D eigenvalue weighted by molar-refractivity contribution is 6.30. The minimum Gasteiger partial charge on any atom is -0.378 e. The largest absolute Gasteiger partial charge is 0.378 e. The second-order valence-electron chi connectivity index (χ2n) is 5.96. The number of anilines is 2. The van der Waals surface area contributed by atoms with E-state index in [1.165, 1.54) is 0 Å². The highest BCUT2D eigenvalue weighted by atomic mass is 35.5. The number of hydrogen-bond acceptors (Lipinski definition) is 3. The quantitative estimate of drug-likeness (QED) is 0.863. The number of nitrogens with one attached hydrogen (secondary N) is 2. The zero-order chi connectivity index (χ0) is 18.4. The molecule has 1 saturated heterocycles. The van der Waals surface area contributed by atoms with Crippen molar-refractivity contribution in [1.82, 2.24) is 4.90 Å². The Morgan fingerprint density at radius 1 is 1.00 bits per heavy atom. The number of carbonyl (C=O) groups excluding carboxylic acids is 2. The Bertz CT molecular complexity index is 774. The average Bonchev–Trinajstić information content (AvgIpc) is 2.64. The van der Waals surface area contributed by atoms with Crippen LogP contribution in [0.25, 0.3) is 0 Å². The molecule has 2 aromatic carbocycles. The van der Waals surface area contributed by atoms with Crippen molar-refractivity contribution < 1.29 is 14.3 Å². The SMILES string of the molecule is O=C(Nc1ccc(CC(=O)N2CCOCC2)cc1)Nc1cccc(Cl)c1. The molecule has 0 spiro atoms. The summed E-state index contributed by atoms with van der Waals surface area (Å²) in [5.74, 6) is 0.0905. The van der Waals surface area contributed by atoms with Gasteiger partial charge in [0.05, 0.1) is 19.6 Å². The Kier molecular flexibility index (Phi) is 6.09. The number of hydrogen-bond donors (Lipinski definition) is 2. The van der Waals surface area contributed by atoms with Gasteiger partial charge < -0.3 is 20.3 Å². The van der Waals surface area contributed by atoms with Gasteiger partial charge in [-0.15, -0.1) is 0 Å². The smallest absolute Gasteiger partial charge is 0.323 e. The van der Waals surface area contributed by atoms with E-state index in [4.69, 9.17) is 16.3 Å². The molecular weight excluding hydrogens is 354 g/mol. The average molecular weight is 374 g/mol. The second-order valence-corrected chi connectivity index (χ2v) is 6.39. The van der Waals surface area contributed by atoms with Gasteiger partial charge in [-0.3, -0.25) is 4.79 Å². The maximum atomic E-state index is 12.2. The zero-order valence-corrected chi connectivity index (χ0v) is 15.0. The molecule has 2 aromatic rings. The van der Waals surface area contributed by atoms with E-state index in [1.54, 1.807) is 36.4 Å². The van der Waals surface area contributed by atoms with Gasteiger partial charge in [0.15, 0.2) is 0 Å². The lowest BCUT2D eigenvalue weighted by atomic mass is 10.1. The van der Waals surface area contributed by atoms with E-state index < -0.39 is 0 Å². The van der Waals surface area contributed by atoms with Gasteiger partial charge in [-0.05, 0) is 35.9 Å². The fourth-order valence-electron chi connectivity index (χ4n) is 2.66. The van der Waals surface area contributed by atoms with Gasteiger partial charge >= 0.3 is 6.03 Å². The second kappa shape index (κ2) is 8.69. The van der Waals surface area contributed by atoms with Gasteiger partial charge in [0.1, 0.15) is 0 Å². The third kappa shape index (κ3) is 5.21. The molecule has 136 valence electrons. The molecule has 3 rings (SSSR count). The molecule has 7 heteroatoms. The first-order valence-electron chi connectivity index (χ1n) is 8.38. The van der Waals surface area contributed by atoms with E-state index in [0.717, 1.165) is 5.56 Å². The summed E-state index contributed by atoms with van der Waals surface area (Å²) in [5.41, 5.74) is 2.16. The van der Waals surface area contributed by atoms with Gasteiger partial charge in [-0.1, -0.05) is 29.8 Å². The van der Waals surface area contributed by atoms with Crippen LogP contribution < -0.4 is 10.6 Å². The zero-order valence-electron chi connectivity index (χ0n) is 14.2. The summed E-state index contributed by atoms with van der Waals surface area (Å²) in [4.78, 5) is 26.1. The molecule has 26 heavy (non-hydrogen) atoms. The summed E-state index contributed by atoms with van der Waals surface area (Å²) in [5, 5.41) is 6.02. The summed E-state index contributed by atoms with van der Waals surface area (Å²) < 4.78 is 5.25. The maximum absolute atomic E-state index is 12.2. The first-order valence-corrected chi connectivity index (χ1v) is 8.76. The topological polar surface area (TPSA) is 70.7 Å². The molecule has 2 N–H and O–H groups in total. The van der Waals surface area contributed by atoms with Crippen molar-refractivity contribution >= 4 is 34.9 Å². The number of rotatable bonds is 4. The lowest BCUT2D eigenvalue weighted by Gasteiger charge is -2.26. The Morgan fingerprint density at radius 3 is 2.38 bits per heavy atom. The molecule has 0 bridgehead atoms. The number of nitrogens with zero attached hydrogens (tertiary/aromatic N) is 1. The molecule has 1 heterocycles. The monoisotopic (exact) mass is 373 g/mol. The van der Waals surface area contributed by atoms with Gasteiger partial charge in [-0.25, -0.2) is 4.79 Å². The number of benzene rings is 2. The molecule has 1 aliphatic heterocycles. The van der Waals surface area contributed by atoms with Crippen molar-refractivity contribution in [3.63, 3.8) is 0 Å². The van der Waals surface area contributed by atoms with E-state index in [0.29, 0.717) is 49.1 Å². The van der Waals surface area contributed by atoms with E-state index >= 15 is 0 Å². The highest BCUT2D eigenvalue weighted by Crippen LogP contribution is 2.16. The van der Waals surface area contributed by atoms with Crippen LogP contribution in [0.5, 0.6) is 0 Å². The molecule has 6 nitrogen and oxygen atoms in total. The number of carbonyl (C=O) groups is 2. The minimum absolute atomic E-state index is 0.0905. The first kappa shape index (κ1) is 18.2. The van der Waals surface area contributed by atoms with Crippen molar-refractivity contribution in [3.05, 3.63) is 59.1 Å². The Morgan fingerprint density at radius 2 is 1.69 bits per heavy atom.